The van der Waals surface area contributed by atoms with E-state index in [0.717, 1.165) is 11.3 Å². The molecular weight excluding hydrogens is 419 g/mol. The second kappa shape index (κ2) is 8.45. The lowest BCUT2D eigenvalue weighted by Gasteiger charge is -2.05. The van der Waals surface area contributed by atoms with Gasteiger partial charge in [-0.15, -0.1) is 10.2 Å². The Labute approximate surface area is 172 Å². The van der Waals surface area contributed by atoms with Crippen molar-refractivity contribution in [2.75, 3.05) is 23.2 Å². The van der Waals surface area contributed by atoms with Crippen LogP contribution < -0.4 is 20.1 Å². The number of thioether (sulfide) groups is 1. The fourth-order valence-corrected chi connectivity index (χ4v) is 3.97. The molecule has 0 saturated heterocycles. The Kier molecular flexibility index (Phi) is 5.58. The number of anilines is 2. The highest BCUT2D eigenvalue weighted by Gasteiger charge is 2.16. The third-order valence-corrected chi connectivity index (χ3v) is 5.70. The van der Waals surface area contributed by atoms with Gasteiger partial charge in [0.25, 0.3) is 5.91 Å². The number of halogens is 1. The average molecular weight is 432 g/mol. The molecule has 0 atom stereocenters. The molecule has 11 heteroatoms. The van der Waals surface area contributed by atoms with Crippen molar-refractivity contribution < 1.29 is 23.5 Å². The van der Waals surface area contributed by atoms with E-state index < -0.39 is 11.7 Å². The smallest absolute Gasteiger partial charge is 0.260 e. The Morgan fingerprint density at radius 1 is 1.10 bits per heavy atom. The second-order valence-corrected chi connectivity index (χ2v) is 7.91. The predicted molar refractivity (Wildman–Crippen MR) is 106 cm³/mol. The molecule has 8 nitrogen and oxygen atoms in total. The van der Waals surface area contributed by atoms with Crippen LogP contribution in [0.3, 0.4) is 0 Å². The zero-order chi connectivity index (χ0) is 20.2. The van der Waals surface area contributed by atoms with Gasteiger partial charge in [0.05, 0.1) is 11.3 Å². The molecule has 2 heterocycles. The Balaban J connectivity index is 1.29. The quantitative estimate of drug-likeness (QED) is 0.455. The third kappa shape index (κ3) is 4.63. The molecule has 3 aromatic rings. The summed E-state index contributed by atoms with van der Waals surface area (Å²) in [5.74, 6) is -0.155. The van der Waals surface area contributed by atoms with E-state index in [0.29, 0.717) is 21.5 Å². The van der Waals surface area contributed by atoms with Gasteiger partial charge in [0.2, 0.25) is 17.8 Å². The minimum Gasteiger partial charge on any atom is -0.454 e. The number of benzene rings is 2. The van der Waals surface area contributed by atoms with Crippen LogP contribution in [0.25, 0.3) is 0 Å². The van der Waals surface area contributed by atoms with Crippen LogP contribution in [-0.4, -0.2) is 34.6 Å². The first-order valence-corrected chi connectivity index (χ1v) is 10.1. The molecule has 0 bridgehead atoms. The normalized spacial score (nSPS) is 11.9. The molecule has 1 aliphatic rings. The minimum absolute atomic E-state index is 0.0833. The number of hydrogen-bond acceptors (Lipinski definition) is 8. The molecule has 0 fully saturated rings. The van der Waals surface area contributed by atoms with Gasteiger partial charge >= 0.3 is 0 Å². The summed E-state index contributed by atoms with van der Waals surface area (Å²) >= 11 is 2.27. The van der Waals surface area contributed by atoms with E-state index in [9.17, 15) is 14.0 Å². The van der Waals surface area contributed by atoms with Crippen LogP contribution in [0.2, 0.25) is 0 Å². The zero-order valence-electron chi connectivity index (χ0n) is 14.7. The molecule has 0 spiro atoms. The number of fused-ring (bicyclic) bond motifs is 1. The third-order valence-electron chi connectivity index (χ3n) is 3.73. The monoisotopic (exact) mass is 432 g/mol. The maximum absolute atomic E-state index is 13.7. The van der Waals surface area contributed by atoms with Crippen molar-refractivity contribution in [3.63, 3.8) is 0 Å². The van der Waals surface area contributed by atoms with E-state index >= 15 is 0 Å². The van der Waals surface area contributed by atoms with Gasteiger partial charge in [0.15, 0.2) is 15.8 Å². The van der Waals surface area contributed by atoms with Crippen molar-refractivity contribution in [1.29, 1.82) is 0 Å². The van der Waals surface area contributed by atoms with Crippen molar-refractivity contribution in [2.45, 2.75) is 4.34 Å². The second-order valence-electron chi connectivity index (χ2n) is 5.71. The van der Waals surface area contributed by atoms with E-state index in [1.807, 2.05) is 0 Å². The molecule has 0 unspecified atom stereocenters. The molecule has 2 N–H and O–H groups in total. The van der Waals surface area contributed by atoms with Gasteiger partial charge in [-0.05, 0) is 24.3 Å². The Hall–Kier alpha value is -3.18. The van der Waals surface area contributed by atoms with E-state index in [-0.39, 0.29) is 29.1 Å². The molecule has 2 amide bonds. The van der Waals surface area contributed by atoms with Crippen LogP contribution in [0.4, 0.5) is 15.2 Å². The Morgan fingerprint density at radius 2 is 1.93 bits per heavy atom. The van der Waals surface area contributed by atoms with Crippen molar-refractivity contribution in [2.24, 2.45) is 0 Å². The standard InChI is InChI=1S/C18H13FN4O4S2/c19-12-4-2-1-3-11(12)16(25)21-17-22-23-18(29-17)28-8-15(24)20-10-5-6-13-14(7-10)27-9-26-13/h1-7H,8-9H2,(H,20,24)(H,21,22,25). The fraction of sp³-hybridized carbons (Fsp3) is 0.111. The van der Waals surface area contributed by atoms with E-state index in [2.05, 4.69) is 20.8 Å². The molecular formula is C18H13FN4O4S2. The zero-order valence-corrected chi connectivity index (χ0v) is 16.3. The lowest BCUT2D eigenvalue weighted by molar-refractivity contribution is -0.113. The molecule has 29 heavy (non-hydrogen) atoms. The summed E-state index contributed by atoms with van der Waals surface area (Å²) in [6, 6.07) is 10.8. The highest BCUT2D eigenvalue weighted by Crippen LogP contribution is 2.34. The van der Waals surface area contributed by atoms with Crippen LogP contribution in [-0.2, 0) is 4.79 Å². The SMILES string of the molecule is O=C(CSc1nnc(NC(=O)c2ccccc2F)s1)Nc1ccc2c(c1)OCO2. The lowest BCUT2D eigenvalue weighted by atomic mass is 10.2. The largest absolute Gasteiger partial charge is 0.454 e. The van der Waals surface area contributed by atoms with Crippen molar-refractivity contribution >= 4 is 45.7 Å². The van der Waals surface area contributed by atoms with Gasteiger partial charge in [-0.3, -0.25) is 14.9 Å². The van der Waals surface area contributed by atoms with E-state index in [4.69, 9.17) is 9.47 Å². The number of aromatic nitrogens is 2. The highest BCUT2D eigenvalue weighted by molar-refractivity contribution is 8.01. The summed E-state index contributed by atoms with van der Waals surface area (Å²) in [4.78, 5) is 24.2. The van der Waals surface area contributed by atoms with E-state index in [1.54, 1.807) is 24.3 Å². The van der Waals surface area contributed by atoms with Crippen molar-refractivity contribution in [1.82, 2.24) is 10.2 Å². The molecule has 0 radical (unpaired) electrons. The Bertz CT molecular complexity index is 1080. The number of nitrogens with zero attached hydrogens (tertiary/aromatic N) is 2. The van der Waals surface area contributed by atoms with Gasteiger partial charge < -0.3 is 14.8 Å². The summed E-state index contributed by atoms with van der Waals surface area (Å²) in [6.45, 7) is 0.162. The predicted octanol–water partition coefficient (Wildman–Crippen LogP) is 3.39. The van der Waals surface area contributed by atoms with E-state index in [1.165, 1.54) is 30.0 Å². The molecule has 148 valence electrons. The molecule has 2 aromatic carbocycles. The number of carbonyl (C=O) groups excluding carboxylic acids is 2. The topological polar surface area (TPSA) is 102 Å². The molecule has 1 aromatic heterocycles. The van der Waals surface area contributed by atoms with Gasteiger partial charge in [-0.25, -0.2) is 4.39 Å². The van der Waals surface area contributed by atoms with Crippen molar-refractivity contribution in [3.05, 3.63) is 53.8 Å². The van der Waals surface area contributed by atoms with Gasteiger partial charge in [0.1, 0.15) is 5.82 Å². The van der Waals surface area contributed by atoms with Crippen LogP contribution in [0.1, 0.15) is 10.4 Å². The number of amides is 2. The van der Waals surface area contributed by atoms with Crippen LogP contribution >= 0.6 is 23.1 Å². The van der Waals surface area contributed by atoms with Gasteiger partial charge in [0, 0.05) is 11.8 Å². The number of nitrogens with one attached hydrogen (secondary N) is 2. The summed E-state index contributed by atoms with van der Waals surface area (Å²) in [5.41, 5.74) is 0.509. The van der Waals surface area contributed by atoms with Gasteiger partial charge in [-0.2, -0.15) is 0 Å². The summed E-state index contributed by atoms with van der Waals surface area (Å²) in [5, 5.41) is 13.2. The number of carbonyl (C=O) groups is 2. The highest BCUT2D eigenvalue weighted by atomic mass is 32.2. The fourth-order valence-electron chi connectivity index (χ4n) is 2.43. The summed E-state index contributed by atoms with van der Waals surface area (Å²) < 4.78 is 24.6. The molecule has 0 saturated carbocycles. The summed E-state index contributed by atoms with van der Waals surface area (Å²) in [7, 11) is 0. The van der Waals surface area contributed by atoms with Crippen LogP contribution in [0, 0.1) is 5.82 Å². The first kappa shape index (κ1) is 19.2. The summed E-state index contributed by atoms with van der Waals surface area (Å²) in [6.07, 6.45) is 0. The Morgan fingerprint density at radius 3 is 2.79 bits per heavy atom. The van der Waals surface area contributed by atoms with Crippen LogP contribution in [0.5, 0.6) is 11.5 Å². The maximum atomic E-state index is 13.7. The number of ether oxygens (including phenoxy) is 2. The first-order valence-electron chi connectivity index (χ1n) is 8.30. The lowest BCUT2D eigenvalue weighted by Crippen LogP contribution is -2.13. The number of hydrogen-bond donors (Lipinski definition) is 2. The van der Waals surface area contributed by atoms with Crippen LogP contribution in [0.15, 0.2) is 46.8 Å². The van der Waals surface area contributed by atoms with Crippen molar-refractivity contribution in [3.8, 4) is 11.5 Å². The average Bonchev–Trinajstić information content (AvgIpc) is 3.35. The molecule has 1 aliphatic heterocycles. The van der Waals surface area contributed by atoms with Gasteiger partial charge in [-0.1, -0.05) is 35.2 Å². The first-order chi connectivity index (χ1) is 14.1. The molecule has 0 aliphatic carbocycles. The minimum atomic E-state index is -0.621. The maximum Gasteiger partial charge on any atom is 0.260 e. The number of rotatable bonds is 6. The molecule has 4 rings (SSSR count).